The van der Waals surface area contributed by atoms with Crippen LogP contribution in [0.4, 0.5) is 5.00 Å². The molecular formula is C30H34N2O5S2. The van der Waals surface area contributed by atoms with E-state index in [1.807, 2.05) is 30.3 Å². The van der Waals surface area contributed by atoms with Crippen molar-refractivity contribution in [2.24, 2.45) is 11.3 Å². The predicted octanol–water partition coefficient (Wildman–Crippen LogP) is 6.27. The lowest BCUT2D eigenvalue weighted by Crippen LogP contribution is -2.34. The minimum Gasteiger partial charge on any atom is -0.490 e. The summed E-state index contributed by atoms with van der Waals surface area (Å²) in [5.41, 5.74) is 2.03. The summed E-state index contributed by atoms with van der Waals surface area (Å²) in [7, 11) is 1.37. The zero-order chi connectivity index (χ0) is 28.0. The van der Waals surface area contributed by atoms with E-state index in [1.165, 1.54) is 18.4 Å². The number of hydrogen-bond acceptors (Lipinski definition) is 7. The second-order valence-corrected chi connectivity index (χ2v) is 11.9. The summed E-state index contributed by atoms with van der Waals surface area (Å²) >= 11 is 6.97. The van der Waals surface area contributed by atoms with E-state index in [4.69, 9.17) is 26.4 Å². The topological polar surface area (TPSA) is 85.9 Å². The first kappa shape index (κ1) is 28.6. The van der Waals surface area contributed by atoms with Crippen molar-refractivity contribution in [2.45, 2.75) is 40.0 Å². The summed E-state index contributed by atoms with van der Waals surface area (Å²) in [5.74, 6) is 0.863. The molecule has 9 heteroatoms. The molecule has 1 heterocycles. The number of para-hydroxylation sites is 2. The maximum Gasteiger partial charge on any atom is 0.341 e. The van der Waals surface area contributed by atoms with E-state index < -0.39 is 11.9 Å². The number of thiophene rings is 1. The van der Waals surface area contributed by atoms with Crippen LogP contribution in [-0.4, -0.2) is 37.3 Å². The first-order chi connectivity index (χ1) is 18.7. The Bertz CT molecular complexity index is 1330. The van der Waals surface area contributed by atoms with Crippen LogP contribution in [0, 0.1) is 11.3 Å². The van der Waals surface area contributed by atoms with Crippen molar-refractivity contribution < 1.29 is 23.8 Å². The van der Waals surface area contributed by atoms with E-state index in [0.29, 0.717) is 34.4 Å². The van der Waals surface area contributed by atoms with Crippen LogP contribution >= 0.6 is 23.6 Å². The largest absolute Gasteiger partial charge is 0.490 e. The van der Waals surface area contributed by atoms with Gasteiger partial charge >= 0.3 is 5.97 Å². The molecule has 0 bridgehead atoms. The van der Waals surface area contributed by atoms with Crippen molar-refractivity contribution in [3.05, 3.63) is 76.2 Å². The molecule has 1 amide bonds. The number of carbonyl (C=O) groups excluding carboxylic acids is 2. The van der Waals surface area contributed by atoms with Gasteiger partial charge in [-0.3, -0.25) is 10.1 Å². The molecule has 1 atom stereocenters. The minimum atomic E-state index is -0.416. The Labute approximate surface area is 238 Å². The summed E-state index contributed by atoms with van der Waals surface area (Å²) in [5, 5.41) is 6.49. The Kier molecular flexibility index (Phi) is 9.24. The average Bonchev–Trinajstić information content (AvgIpc) is 3.27. The van der Waals surface area contributed by atoms with E-state index in [0.717, 1.165) is 35.5 Å². The normalized spacial score (nSPS) is 14.6. The number of nitrogens with one attached hydrogen (secondary N) is 2. The molecule has 2 N–H and O–H groups in total. The fourth-order valence-electron chi connectivity index (χ4n) is 4.64. The molecular weight excluding hydrogens is 532 g/mol. The standard InChI is InChI=1S/C30H34N2O5S2/c1-30(2,3)19-14-15-22-24(18-19)39-27(25(22)28(34)35-4)32-29(38)31-26(33)21-12-8-9-13-23(21)37-17-16-36-20-10-6-5-7-11-20/h5-13,19H,14-18H2,1-4H3,(H2,31,32,33,38). The van der Waals surface area contributed by atoms with Gasteiger partial charge in [0.05, 0.1) is 18.2 Å². The number of anilines is 1. The summed E-state index contributed by atoms with van der Waals surface area (Å²) < 4.78 is 16.6. The van der Waals surface area contributed by atoms with Crippen LogP contribution in [0.5, 0.6) is 11.5 Å². The zero-order valence-corrected chi connectivity index (χ0v) is 24.3. The Morgan fingerprint density at radius 1 is 1.03 bits per heavy atom. The van der Waals surface area contributed by atoms with Crippen molar-refractivity contribution in [3.8, 4) is 11.5 Å². The smallest absolute Gasteiger partial charge is 0.341 e. The zero-order valence-electron chi connectivity index (χ0n) is 22.7. The van der Waals surface area contributed by atoms with Crippen LogP contribution < -0.4 is 20.1 Å². The fourth-order valence-corrected chi connectivity index (χ4v) is 6.22. The lowest BCUT2D eigenvalue weighted by Gasteiger charge is -2.33. The first-order valence-corrected chi connectivity index (χ1v) is 14.1. The molecule has 1 unspecified atom stereocenters. The number of ether oxygens (including phenoxy) is 3. The van der Waals surface area contributed by atoms with Crippen LogP contribution in [0.1, 0.15) is 58.3 Å². The Morgan fingerprint density at radius 2 is 1.72 bits per heavy atom. The summed E-state index contributed by atoms with van der Waals surface area (Å²) in [6.07, 6.45) is 2.70. The lowest BCUT2D eigenvalue weighted by molar-refractivity contribution is 0.0600. The molecule has 0 spiro atoms. The predicted molar refractivity (Wildman–Crippen MR) is 158 cm³/mol. The van der Waals surface area contributed by atoms with Gasteiger partial charge in [-0.05, 0) is 72.6 Å². The third-order valence-corrected chi connectivity index (χ3v) is 8.19. The van der Waals surface area contributed by atoms with Crippen LogP contribution in [0.2, 0.25) is 0 Å². The fraction of sp³-hybridized carbons (Fsp3) is 0.367. The van der Waals surface area contributed by atoms with E-state index in [1.54, 1.807) is 24.3 Å². The van der Waals surface area contributed by atoms with Crippen LogP contribution in [0.15, 0.2) is 54.6 Å². The van der Waals surface area contributed by atoms with Gasteiger partial charge in [-0.15, -0.1) is 11.3 Å². The van der Waals surface area contributed by atoms with Crippen molar-refractivity contribution >= 4 is 45.5 Å². The van der Waals surface area contributed by atoms with Gasteiger partial charge in [0.2, 0.25) is 0 Å². The molecule has 2 aromatic carbocycles. The van der Waals surface area contributed by atoms with Gasteiger partial charge < -0.3 is 19.5 Å². The second-order valence-electron chi connectivity index (χ2n) is 10.4. The number of fused-ring (bicyclic) bond motifs is 1. The molecule has 0 fully saturated rings. The third-order valence-electron chi connectivity index (χ3n) is 6.82. The molecule has 206 valence electrons. The minimum absolute atomic E-state index is 0.0957. The number of amides is 1. The van der Waals surface area contributed by atoms with Crippen molar-refractivity contribution in [2.75, 3.05) is 25.6 Å². The van der Waals surface area contributed by atoms with Gasteiger partial charge in [0.1, 0.15) is 29.7 Å². The SMILES string of the molecule is COC(=O)c1c(NC(=S)NC(=O)c2ccccc2OCCOc2ccccc2)sc2c1CCC(C(C)(C)C)C2. The maximum absolute atomic E-state index is 13.1. The molecule has 1 aromatic heterocycles. The van der Waals surface area contributed by atoms with Crippen LogP contribution in [0.25, 0.3) is 0 Å². The second kappa shape index (κ2) is 12.6. The lowest BCUT2D eigenvalue weighted by atomic mass is 9.72. The molecule has 0 saturated carbocycles. The van der Waals surface area contributed by atoms with Gasteiger partial charge in [-0.1, -0.05) is 51.1 Å². The van der Waals surface area contributed by atoms with Crippen LogP contribution in [0.3, 0.4) is 0 Å². The van der Waals surface area contributed by atoms with Crippen molar-refractivity contribution in [1.82, 2.24) is 5.32 Å². The molecule has 3 aromatic rings. The highest BCUT2D eigenvalue weighted by Gasteiger charge is 2.34. The monoisotopic (exact) mass is 566 g/mol. The van der Waals surface area contributed by atoms with Crippen molar-refractivity contribution in [1.29, 1.82) is 0 Å². The average molecular weight is 567 g/mol. The van der Waals surface area contributed by atoms with Crippen LogP contribution in [-0.2, 0) is 17.6 Å². The molecule has 0 radical (unpaired) electrons. The summed E-state index contributed by atoms with van der Waals surface area (Å²) in [6, 6.07) is 16.4. The number of rotatable bonds is 8. The number of benzene rings is 2. The van der Waals surface area contributed by atoms with Gasteiger partial charge in [0, 0.05) is 4.88 Å². The molecule has 39 heavy (non-hydrogen) atoms. The molecule has 0 saturated heterocycles. The number of hydrogen-bond donors (Lipinski definition) is 2. The molecule has 1 aliphatic rings. The van der Waals surface area contributed by atoms with E-state index in [9.17, 15) is 9.59 Å². The number of esters is 1. The van der Waals surface area contributed by atoms with Gasteiger partial charge in [0.15, 0.2) is 5.11 Å². The molecule has 0 aliphatic heterocycles. The quantitative estimate of drug-likeness (QED) is 0.189. The Balaban J connectivity index is 1.41. The Hall–Kier alpha value is -3.43. The van der Waals surface area contributed by atoms with E-state index >= 15 is 0 Å². The third kappa shape index (κ3) is 7.16. The number of thiocarbonyl (C=S) groups is 1. The van der Waals surface area contributed by atoms with Crippen molar-refractivity contribution in [3.63, 3.8) is 0 Å². The first-order valence-electron chi connectivity index (χ1n) is 12.9. The van der Waals surface area contributed by atoms with Gasteiger partial charge in [-0.2, -0.15) is 0 Å². The highest BCUT2D eigenvalue weighted by Crippen LogP contribution is 2.44. The highest BCUT2D eigenvalue weighted by molar-refractivity contribution is 7.80. The number of methoxy groups -OCH3 is 1. The summed E-state index contributed by atoms with van der Waals surface area (Å²) in [6.45, 7) is 7.34. The molecule has 4 rings (SSSR count). The van der Waals surface area contributed by atoms with E-state index in [-0.39, 0.29) is 17.1 Å². The Morgan fingerprint density at radius 3 is 2.44 bits per heavy atom. The van der Waals surface area contributed by atoms with E-state index in [2.05, 4.69) is 31.4 Å². The number of carbonyl (C=O) groups is 2. The highest BCUT2D eigenvalue weighted by atomic mass is 32.1. The summed E-state index contributed by atoms with van der Waals surface area (Å²) in [4.78, 5) is 27.0. The van der Waals surface area contributed by atoms with Gasteiger partial charge in [0.25, 0.3) is 5.91 Å². The van der Waals surface area contributed by atoms with Gasteiger partial charge in [-0.25, -0.2) is 4.79 Å². The maximum atomic E-state index is 13.1. The molecule has 1 aliphatic carbocycles. The molecule has 7 nitrogen and oxygen atoms in total.